The van der Waals surface area contributed by atoms with Gasteiger partial charge in [-0.3, -0.25) is 0 Å². The summed E-state index contributed by atoms with van der Waals surface area (Å²) in [5, 5.41) is 0. The summed E-state index contributed by atoms with van der Waals surface area (Å²) in [7, 11) is 0. The van der Waals surface area contributed by atoms with E-state index < -0.39 is 0 Å². The predicted octanol–water partition coefficient (Wildman–Crippen LogP) is 5.03. The fourth-order valence-electron chi connectivity index (χ4n) is 2.65. The van der Waals surface area contributed by atoms with Gasteiger partial charge in [0.1, 0.15) is 11.9 Å². The second-order valence-corrected chi connectivity index (χ2v) is 6.37. The van der Waals surface area contributed by atoms with E-state index in [0.29, 0.717) is 0 Å². The van der Waals surface area contributed by atoms with Crippen LogP contribution in [0.1, 0.15) is 31.9 Å². The molecule has 1 heteroatoms. The third kappa shape index (κ3) is 2.36. The van der Waals surface area contributed by atoms with Crippen LogP contribution in [0.15, 0.2) is 54.6 Å². The van der Waals surface area contributed by atoms with Crippen LogP contribution in [0.2, 0.25) is 0 Å². The second-order valence-electron chi connectivity index (χ2n) is 6.37. The van der Waals surface area contributed by atoms with Crippen molar-refractivity contribution >= 4 is 11.6 Å². The number of fused-ring (bicyclic) bond motifs is 1. The second kappa shape index (κ2) is 4.82. The number of rotatable bonds is 1. The first-order valence-electron chi connectivity index (χ1n) is 7.08. The maximum atomic E-state index is 6.30. The fraction of sp³-hybridized carbons (Fsp3) is 0.263. The molecule has 0 N–H and O–H groups in total. The minimum absolute atomic E-state index is 0.0508. The molecule has 0 saturated heterocycles. The Balaban J connectivity index is 2.14. The average molecular weight is 264 g/mol. The van der Waals surface area contributed by atoms with Crippen LogP contribution in [0.25, 0.3) is 11.6 Å². The van der Waals surface area contributed by atoms with E-state index >= 15 is 0 Å². The topological polar surface area (TPSA) is 9.23 Å². The van der Waals surface area contributed by atoms with E-state index in [1.807, 2.05) is 18.2 Å². The van der Waals surface area contributed by atoms with Gasteiger partial charge in [0.25, 0.3) is 0 Å². The summed E-state index contributed by atoms with van der Waals surface area (Å²) in [6.07, 6.45) is 2.34. The molecule has 0 spiro atoms. The van der Waals surface area contributed by atoms with E-state index in [2.05, 4.69) is 63.2 Å². The van der Waals surface area contributed by atoms with Crippen LogP contribution >= 0.6 is 0 Å². The number of hydrogen-bond acceptors (Lipinski definition) is 1. The van der Waals surface area contributed by atoms with Gasteiger partial charge in [-0.2, -0.15) is 0 Å². The van der Waals surface area contributed by atoms with Crippen LogP contribution in [0.3, 0.4) is 0 Å². The van der Waals surface area contributed by atoms with Crippen molar-refractivity contribution < 1.29 is 4.74 Å². The van der Waals surface area contributed by atoms with Crippen LogP contribution in [0, 0.1) is 5.41 Å². The molecule has 0 aromatic heterocycles. The predicted molar refractivity (Wildman–Crippen MR) is 84.6 cm³/mol. The zero-order valence-electron chi connectivity index (χ0n) is 12.3. The van der Waals surface area contributed by atoms with Gasteiger partial charge in [0.05, 0.1) is 0 Å². The lowest BCUT2D eigenvalue weighted by Crippen LogP contribution is -2.35. The molecule has 0 aliphatic carbocycles. The Morgan fingerprint density at radius 1 is 0.850 bits per heavy atom. The molecule has 3 rings (SSSR count). The summed E-state index contributed by atoms with van der Waals surface area (Å²) >= 11 is 0. The monoisotopic (exact) mass is 264 g/mol. The van der Waals surface area contributed by atoms with Gasteiger partial charge in [-0.25, -0.2) is 0 Å². The summed E-state index contributed by atoms with van der Waals surface area (Å²) < 4.78 is 6.30. The Kier molecular flexibility index (Phi) is 3.13. The number of para-hydroxylation sites is 1. The highest BCUT2D eigenvalue weighted by atomic mass is 16.5. The van der Waals surface area contributed by atoms with Gasteiger partial charge >= 0.3 is 0 Å². The molecule has 1 heterocycles. The molecule has 2 aromatic carbocycles. The first-order chi connectivity index (χ1) is 9.55. The molecule has 0 saturated carbocycles. The maximum Gasteiger partial charge on any atom is 0.129 e. The van der Waals surface area contributed by atoms with E-state index in [1.165, 1.54) is 11.1 Å². The number of benzene rings is 2. The van der Waals surface area contributed by atoms with Crippen LogP contribution in [-0.2, 0) is 0 Å². The Labute approximate surface area is 120 Å². The molecule has 1 aliphatic rings. The highest BCUT2D eigenvalue weighted by Crippen LogP contribution is 2.41. The van der Waals surface area contributed by atoms with Crippen molar-refractivity contribution in [1.29, 1.82) is 0 Å². The summed E-state index contributed by atoms with van der Waals surface area (Å²) in [4.78, 5) is 0. The Hall–Kier alpha value is -2.02. The molecule has 0 amide bonds. The molecule has 0 bridgehead atoms. The Morgan fingerprint density at radius 2 is 1.50 bits per heavy atom. The van der Waals surface area contributed by atoms with Gasteiger partial charge < -0.3 is 4.74 Å². The van der Waals surface area contributed by atoms with E-state index in [0.717, 1.165) is 11.3 Å². The fourth-order valence-corrected chi connectivity index (χ4v) is 2.65. The molecule has 0 fully saturated rings. The largest absolute Gasteiger partial charge is 0.485 e. The normalized spacial score (nSPS) is 17.9. The molecule has 102 valence electrons. The Morgan fingerprint density at radius 3 is 2.20 bits per heavy atom. The first kappa shape index (κ1) is 13.0. The standard InChI is InChI=1S/C19H20O/c1-19(2,3)18-16(14-9-5-4-6-10-14)13-15-11-7-8-12-17(15)20-18/h4-13,18H,1-3H3. The molecule has 1 nitrogen and oxygen atoms in total. The maximum absolute atomic E-state index is 6.30. The highest BCUT2D eigenvalue weighted by molar-refractivity contribution is 5.87. The molecular formula is C19H20O. The van der Waals surface area contributed by atoms with Crippen molar-refractivity contribution in [2.45, 2.75) is 26.9 Å². The molecule has 0 radical (unpaired) electrons. The molecular weight excluding hydrogens is 244 g/mol. The summed E-state index contributed by atoms with van der Waals surface area (Å²) in [5.74, 6) is 0.979. The van der Waals surface area contributed by atoms with Gasteiger partial charge in [-0.1, -0.05) is 69.3 Å². The van der Waals surface area contributed by atoms with Crippen LogP contribution < -0.4 is 4.74 Å². The van der Waals surface area contributed by atoms with Gasteiger partial charge in [0.15, 0.2) is 0 Å². The highest BCUT2D eigenvalue weighted by Gasteiger charge is 2.33. The SMILES string of the molecule is CC(C)(C)C1Oc2ccccc2C=C1c1ccccc1. The van der Waals surface area contributed by atoms with Crippen molar-refractivity contribution in [3.8, 4) is 5.75 Å². The van der Waals surface area contributed by atoms with Crippen molar-refractivity contribution in [1.82, 2.24) is 0 Å². The molecule has 1 aliphatic heterocycles. The van der Waals surface area contributed by atoms with Crippen LogP contribution in [0.5, 0.6) is 5.75 Å². The van der Waals surface area contributed by atoms with Crippen molar-refractivity contribution in [3.05, 3.63) is 65.7 Å². The summed E-state index contributed by atoms with van der Waals surface area (Å²) in [5.41, 5.74) is 3.71. The lowest BCUT2D eigenvalue weighted by molar-refractivity contribution is 0.135. The molecule has 2 aromatic rings. The number of hydrogen-bond donors (Lipinski definition) is 0. The minimum Gasteiger partial charge on any atom is -0.485 e. The Bertz CT molecular complexity index is 632. The van der Waals surface area contributed by atoms with E-state index in [1.54, 1.807) is 0 Å². The zero-order valence-corrected chi connectivity index (χ0v) is 12.3. The van der Waals surface area contributed by atoms with Gasteiger partial charge in [0, 0.05) is 16.6 Å². The van der Waals surface area contributed by atoms with E-state index in [-0.39, 0.29) is 11.5 Å². The van der Waals surface area contributed by atoms with Crippen molar-refractivity contribution in [2.24, 2.45) is 5.41 Å². The minimum atomic E-state index is 0.0508. The first-order valence-corrected chi connectivity index (χ1v) is 7.08. The lowest BCUT2D eigenvalue weighted by Gasteiger charge is -2.36. The van der Waals surface area contributed by atoms with Gasteiger partial charge in [0.2, 0.25) is 0 Å². The van der Waals surface area contributed by atoms with Crippen molar-refractivity contribution in [2.75, 3.05) is 0 Å². The smallest absolute Gasteiger partial charge is 0.129 e. The van der Waals surface area contributed by atoms with E-state index in [9.17, 15) is 0 Å². The lowest BCUT2D eigenvalue weighted by atomic mass is 9.80. The van der Waals surface area contributed by atoms with Gasteiger partial charge in [-0.05, 0) is 17.7 Å². The third-order valence-corrected chi connectivity index (χ3v) is 3.65. The summed E-state index contributed by atoms with van der Waals surface area (Å²) in [6, 6.07) is 18.8. The molecule has 20 heavy (non-hydrogen) atoms. The average Bonchev–Trinajstić information content (AvgIpc) is 2.46. The van der Waals surface area contributed by atoms with Crippen molar-refractivity contribution in [3.63, 3.8) is 0 Å². The summed E-state index contributed by atoms with van der Waals surface area (Å²) in [6.45, 7) is 6.67. The third-order valence-electron chi connectivity index (χ3n) is 3.65. The van der Waals surface area contributed by atoms with E-state index in [4.69, 9.17) is 4.74 Å². The van der Waals surface area contributed by atoms with Crippen LogP contribution in [-0.4, -0.2) is 6.10 Å². The zero-order chi connectivity index (χ0) is 14.2. The molecule has 1 unspecified atom stereocenters. The van der Waals surface area contributed by atoms with Gasteiger partial charge in [-0.15, -0.1) is 0 Å². The van der Waals surface area contributed by atoms with Crippen LogP contribution in [0.4, 0.5) is 0 Å². The number of ether oxygens (including phenoxy) is 1. The molecule has 1 atom stereocenters. The quantitative estimate of drug-likeness (QED) is 0.701.